The fourth-order valence-electron chi connectivity index (χ4n) is 5.34. The number of fused-ring (bicyclic) bond motifs is 1. The summed E-state index contributed by atoms with van der Waals surface area (Å²) in [5.41, 5.74) is 3.29. The van der Waals surface area contributed by atoms with Crippen LogP contribution in [0.25, 0.3) is 10.9 Å². The fraction of sp³-hybridized carbons (Fsp3) is 0.267. The van der Waals surface area contributed by atoms with Gasteiger partial charge in [0.1, 0.15) is 17.5 Å². The van der Waals surface area contributed by atoms with Crippen molar-refractivity contribution in [2.75, 3.05) is 37.7 Å². The van der Waals surface area contributed by atoms with Crippen molar-refractivity contribution < 1.29 is 9.84 Å². The summed E-state index contributed by atoms with van der Waals surface area (Å²) >= 11 is 0. The van der Waals surface area contributed by atoms with Crippen LogP contribution in [0.15, 0.2) is 83.7 Å². The van der Waals surface area contributed by atoms with Crippen LogP contribution in [-0.4, -0.2) is 68.0 Å². The summed E-state index contributed by atoms with van der Waals surface area (Å²) in [6.45, 7) is 5.89. The second-order valence-corrected chi connectivity index (χ2v) is 9.86. The minimum Gasteiger partial charge on any atom is -0.508 e. The number of H-pyrrole nitrogens is 1. The number of rotatable bonds is 8. The van der Waals surface area contributed by atoms with Crippen LogP contribution in [0.4, 0.5) is 5.69 Å². The van der Waals surface area contributed by atoms with Crippen molar-refractivity contribution in [3.8, 4) is 11.5 Å². The van der Waals surface area contributed by atoms with Gasteiger partial charge in [-0.15, -0.1) is 5.10 Å². The minimum absolute atomic E-state index is 0.170. The van der Waals surface area contributed by atoms with Gasteiger partial charge in [-0.3, -0.25) is 9.69 Å². The Labute approximate surface area is 231 Å². The Hall–Kier alpha value is -4.70. The SMILES string of the molecule is CCOc1ccc2[nH]c(=O)c([C@H](c3nnnn3Cc3ccccc3)N3CCN(c4ccc(O)cc4)CC3)cc2c1. The number of hydrogen-bond acceptors (Lipinski definition) is 8. The van der Waals surface area contributed by atoms with Gasteiger partial charge in [0.2, 0.25) is 0 Å². The first-order chi connectivity index (χ1) is 19.6. The van der Waals surface area contributed by atoms with Crippen LogP contribution in [-0.2, 0) is 6.54 Å². The lowest BCUT2D eigenvalue weighted by molar-refractivity contribution is 0.200. The molecule has 10 heteroatoms. The van der Waals surface area contributed by atoms with Crippen LogP contribution in [0.1, 0.15) is 29.9 Å². The molecular formula is C30H31N7O3. The van der Waals surface area contributed by atoms with Crippen LogP contribution < -0.4 is 15.2 Å². The van der Waals surface area contributed by atoms with Crippen molar-refractivity contribution in [2.24, 2.45) is 0 Å². The number of benzene rings is 3. The molecule has 1 aliphatic heterocycles. The lowest BCUT2D eigenvalue weighted by Gasteiger charge is -2.39. The Balaban J connectivity index is 1.38. The molecule has 0 spiro atoms. The summed E-state index contributed by atoms with van der Waals surface area (Å²) in [6, 6.07) is 24.5. The van der Waals surface area contributed by atoms with Gasteiger partial charge in [-0.05, 0) is 71.4 Å². The Kier molecular flexibility index (Phi) is 7.15. The second kappa shape index (κ2) is 11.2. The summed E-state index contributed by atoms with van der Waals surface area (Å²) in [7, 11) is 0. The molecule has 0 amide bonds. The smallest absolute Gasteiger partial charge is 0.253 e. The zero-order valence-electron chi connectivity index (χ0n) is 22.3. The van der Waals surface area contributed by atoms with Crippen LogP contribution in [0.3, 0.4) is 0 Å². The number of phenols is 1. The number of aromatic hydroxyl groups is 1. The van der Waals surface area contributed by atoms with Crippen molar-refractivity contribution in [1.82, 2.24) is 30.1 Å². The molecule has 3 heterocycles. The third-order valence-electron chi connectivity index (χ3n) is 7.32. The molecule has 10 nitrogen and oxygen atoms in total. The molecule has 0 saturated carbocycles. The molecule has 1 atom stereocenters. The van der Waals surface area contributed by atoms with Crippen LogP contribution in [0.2, 0.25) is 0 Å². The first kappa shape index (κ1) is 25.6. The molecule has 2 N–H and O–H groups in total. The number of ether oxygens (including phenoxy) is 1. The van der Waals surface area contributed by atoms with Gasteiger partial charge < -0.3 is 19.7 Å². The lowest BCUT2D eigenvalue weighted by atomic mass is 10.0. The Morgan fingerprint density at radius 1 is 0.975 bits per heavy atom. The highest BCUT2D eigenvalue weighted by atomic mass is 16.5. The van der Waals surface area contributed by atoms with E-state index in [0.29, 0.717) is 37.6 Å². The largest absolute Gasteiger partial charge is 0.508 e. The Bertz CT molecular complexity index is 1640. The standard InChI is InChI=1S/C30H31N7O3/c1-2-40-25-12-13-27-22(18-25)19-26(30(39)31-27)28(29-32-33-34-37(29)20-21-6-4-3-5-7-21)36-16-14-35(15-17-36)23-8-10-24(38)11-9-23/h3-13,18-19,28,38H,2,14-17,20H2,1H3,(H,31,39)/t28-/m1/s1. The Morgan fingerprint density at radius 2 is 1.75 bits per heavy atom. The monoisotopic (exact) mass is 537 g/mol. The molecule has 0 radical (unpaired) electrons. The van der Waals surface area contributed by atoms with E-state index in [-0.39, 0.29) is 11.3 Å². The number of nitrogens with one attached hydrogen (secondary N) is 1. The first-order valence-electron chi connectivity index (χ1n) is 13.5. The van der Waals surface area contributed by atoms with E-state index < -0.39 is 6.04 Å². The molecule has 40 heavy (non-hydrogen) atoms. The summed E-state index contributed by atoms with van der Waals surface area (Å²) in [5.74, 6) is 1.62. The number of anilines is 1. The van der Waals surface area contributed by atoms with E-state index >= 15 is 0 Å². The Morgan fingerprint density at radius 3 is 2.50 bits per heavy atom. The van der Waals surface area contributed by atoms with Crippen LogP contribution >= 0.6 is 0 Å². The first-order valence-corrected chi connectivity index (χ1v) is 13.5. The van der Waals surface area contributed by atoms with Gasteiger partial charge in [-0.1, -0.05) is 30.3 Å². The van der Waals surface area contributed by atoms with Crippen LogP contribution in [0, 0.1) is 0 Å². The summed E-state index contributed by atoms with van der Waals surface area (Å²) in [6.07, 6.45) is 0. The van der Waals surface area contributed by atoms with Gasteiger partial charge >= 0.3 is 0 Å². The number of hydrogen-bond donors (Lipinski definition) is 2. The lowest BCUT2D eigenvalue weighted by Crippen LogP contribution is -2.49. The van der Waals surface area contributed by atoms with E-state index in [1.165, 1.54) is 0 Å². The van der Waals surface area contributed by atoms with Crippen molar-refractivity contribution in [1.29, 1.82) is 0 Å². The second-order valence-electron chi connectivity index (χ2n) is 9.86. The van der Waals surface area contributed by atoms with E-state index in [1.54, 1.807) is 16.8 Å². The van der Waals surface area contributed by atoms with Gasteiger partial charge in [-0.25, -0.2) is 4.68 Å². The zero-order valence-corrected chi connectivity index (χ0v) is 22.3. The van der Waals surface area contributed by atoms with E-state index in [0.717, 1.165) is 41.0 Å². The molecular weight excluding hydrogens is 506 g/mol. The fourth-order valence-corrected chi connectivity index (χ4v) is 5.34. The highest BCUT2D eigenvalue weighted by Gasteiger charge is 2.33. The molecule has 6 rings (SSSR count). The number of nitrogens with zero attached hydrogens (tertiary/aromatic N) is 6. The van der Waals surface area contributed by atoms with E-state index in [9.17, 15) is 9.90 Å². The van der Waals surface area contributed by atoms with Gasteiger partial charge in [0.25, 0.3) is 5.56 Å². The maximum Gasteiger partial charge on any atom is 0.253 e. The third kappa shape index (κ3) is 5.26. The van der Waals surface area contributed by atoms with Crippen LogP contribution in [0.5, 0.6) is 11.5 Å². The number of tetrazole rings is 1. The van der Waals surface area contributed by atoms with Gasteiger partial charge in [0.15, 0.2) is 5.82 Å². The highest BCUT2D eigenvalue weighted by molar-refractivity contribution is 5.80. The molecule has 1 saturated heterocycles. The molecule has 1 fully saturated rings. The van der Waals surface area contributed by atoms with Crippen molar-refractivity contribution in [3.63, 3.8) is 0 Å². The molecule has 0 unspecified atom stereocenters. The highest BCUT2D eigenvalue weighted by Crippen LogP contribution is 2.30. The average molecular weight is 538 g/mol. The molecule has 204 valence electrons. The molecule has 0 bridgehead atoms. The van der Waals surface area contributed by atoms with E-state index in [4.69, 9.17) is 4.74 Å². The van der Waals surface area contributed by atoms with Gasteiger partial charge in [0.05, 0.1) is 13.2 Å². The maximum atomic E-state index is 13.6. The molecule has 0 aliphatic carbocycles. The summed E-state index contributed by atoms with van der Waals surface area (Å²) in [4.78, 5) is 21.2. The van der Waals surface area contributed by atoms with E-state index in [1.807, 2.05) is 73.7 Å². The number of pyridine rings is 1. The topological polar surface area (TPSA) is 112 Å². The average Bonchev–Trinajstić information content (AvgIpc) is 3.42. The molecule has 3 aromatic carbocycles. The predicted molar refractivity (Wildman–Crippen MR) is 153 cm³/mol. The minimum atomic E-state index is -0.454. The normalized spacial score (nSPS) is 14.9. The molecule has 1 aliphatic rings. The van der Waals surface area contributed by atoms with Gasteiger partial charge in [-0.2, -0.15) is 0 Å². The third-order valence-corrected chi connectivity index (χ3v) is 7.32. The van der Waals surface area contributed by atoms with Crippen molar-refractivity contribution >= 4 is 16.6 Å². The summed E-state index contributed by atoms with van der Waals surface area (Å²) in [5, 5.41) is 23.4. The van der Waals surface area contributed by atoms with Crippen molar-refractivity contribution in [2.45, 2.75) is 19.5 Å². The summed E-state index contributed by atoms with van der Waals surface area (Å²) < 4.78 is 7.50. The number of aromatic nitrogens is 5. The number of aromatic amines is 1. The van der Waals surface area contributed by atoms with E-state index in [2.05, 4.69) is 30.3 Å². The molecule has 5 aromatic rings. The quantitative estimate of drug-likeness (QED) is 0.309. The zero-order chi connectivity index (χ0) is 27.5. The molecule has 2 aromatic heterocycles. The maximum absolute atomic E-state index is 13.6. The van der Waals surface area contributed by atoms with Crippen molar-refractivity contribution in [3.05, 3.63) is 106 Å². The number of phenolic OH excluding ortho intramolecular Hbond substituents is 1. The number of piperazine rings is 1. The predicted octanol–water partition coefficient (Wildman–Crippen LogP) is 3.58. The van der Waals surface area contributed by atoms with Gasteiger partial charge in [0, 0.05) is 48.3 Å².